The van der Waals surface area contributed by atoms with Crippen molar-refractivity contribution in [1.82, 2.24) is 4.90 Å². The first kappa shape index (κ1) is 17.6. The zero-order valence-electron chi connectivity index (χ0n) is 12.9. The highest BCUT2D eigenvalue weighted by Crippen LogP contribution is 2.26. The molecule has 0 aromatic heterocycles. The second-order valence-corrected chi connectivity index (χ2v) is 5.56. The van der Waals surface area contributed by atoms with Crippen molar-refractivity contribution in [3.8, 4) is 5.75 Å². The number of amides is 1. The van der Waals surface area contributed by atoms with E-state index in [1.807, 2.05) is 4.90 Å². The van der Waals surface area contributed by atoms with Crippen molar-refractivity contribution in [2.75, 3.05) is 25.0 Å². The molecule has 2 N–H and O–H groups in total. The Morgan fingerprint density at radius 3 is 2.91 bits per heavy atom. The topological polar surface area (TPSA) is 61.8 Å². The van der Waals surface area contributed by atoms with Gasteiger partial charge in [0.05, 0.1) is 12.2 Å². The van der Waals surface area contributed by atoms with E-state index in [1.165, 1.54) is 12.1 Å². The van der Waals surface area contributed by atoms with Gasteiger partial charge in [0.15, 0.2) is 0 Å². The maximum Gasteiger partial charge on any atom is 0.387 e. The first-order valence-electron chi connectivity index (χ1n) is 7.78. The summed E-state index contributed by atoms with van der Waals surface area (Å²) in [5.74, 6) is -0.332. The van der Waals surface area contributed by atoms with Crippen LogP contribution in [0.25, 0.3) is 0 Å². The van der Waals surface area contributed by atoms with Gasteiger partial charge in [-0.15, -0.1) is 0 Å². The van der Waals surface area contributed by atoms with E-state index < -0.39 is 6.61 Å². The van der Waals surface area contributed by atoms with E-state index in [-0.39, 0.29) is 36.5 Å². The quantitative estimate of drug-likeness (QED) is 0.807. The Kier molecular flexibility index (Phi) is 6.73. The third-order valence-corrected chi connectivity index (χ3v) is 3.94. The van der Waals surface area contributed by atoms with Crippen molar-refractivity contribution in [2.24, 2.45) is 0 Å². The molecular formula is C16H22F2N2O3. The normalized spacial score (nSPS) is 18.9. The molecule has 1 saturated heterocycles. The third-order valence-electron chi connectivity index (χ3n) is 3.94. The van der Waals surface area contributed by atoms with Crippen LogP contribution in [0.1, 0.15) is 25.7 Å². The summed E-state index contributed by atoms with van der Waals surface area (Å²) < 4.78 is 29.2. The molecule has 128 valence electrons. The first-order chi connectivity index (χ1) is 11.1. The molecule has 2 rings (SSSR count). The van der Waals surface area contributed by atoms with Gasteiger partial charge in [-0.1, -0.05) is 18.6 Å². The van der Waals surface area contributed by atoms with Crippen LogP contribution in [-0.4, -0.2) is 48.3 Å². The largest absolute Gasteiger partial charge is 0.433 e. The number of carbonyl (C=O) groups excluding carboxylic acids is 1. The van der Waals surface area contributed by atoms with Crippen molar-refractivity contribution in [3.05, 3.63) is 24.3 Å². The van der Waals surface area contributed by atoms with Crippen LogP contribution in [0.2, 0.25) is 0 Å². The maximum absolute atomic E-state index is 12.4. The fourth-order valence-corrected chi connectivity index (χ4v) is 2.89. The predicted molar refractivity (Wildman–Crippen MR) is 82.6 cm³/mol. The van der Waals surface area contributed by atoms with E-state index in [0.29, 0.717) is 6.42 Å². The van der Waals surface area contributed by atoms with Crippen LogP contribution in [0.5, 0.6) is 5.75 Å². The molecule has 0 radical (unpaired) electrons. The molecule has 0 saturated carbocycles. The van der Waals surface area contributed by atoms with Crippen molar-refractivity contribution >= 4 is 11.6 Å². The number of alkyl halides is 2. The molecule has 1 fully saturated rings. The summed E-state index contributed by atoms with van der Waals surface area (Å²) in [6.07, 6.45) is 3.70. The molecule has 0 bridgehead atoms. The monoisotopic (exact) mass is 328 g/mol. The standard InChI is InChI=1S/C16H22F2N2O3/c17-16(18)23-14-7-2-1-6-13(14)19-15(22)11-20-9-4-3-5-12(20)8-10-21/h1-2,6-7,12,16,21H,3-5,8-11H2,(H,19,22). The van der Waals surface area contributed by atoms with Crippen LogP contribution in [0, 0.1) is 0 Å². The predicted octanol–water partition coefficient (Wildman–Crippen LogP) is 2.46. The first-order valence-corrected chi connectivity index (χ1v) is 7.78. The average molecular weight is 328 g/mol. The molecule has 0 aliphatic carbocycles. The molecule has 23 heavy (non-hydrogen) atoms. The summed E-state index contributed by atoms with van der Waals surface area (Å²) in [6, 6.07) is 6.31. The zero-order valence-corrected chi connectivity index (χ0v) is 12.9. The number of hydrogen-bond donors (Lipinski definition) is 2. The summed E-state index contributed by atoms with van der Waals surface area (Å²) in [5.41, 5.74) is 0.230. The lowest BCUT2D eigenvalue weighted by Crippen LogP contribution is -2.44. The number of likely N-dealkylation sites (tertiary alicyclic amines) is 1. The number of ether oxygens (including phenoxy) is 1. The lowest BCUT2D eigenvalue weighted by atomic mass is 10.00. The second kappa shape index (κ2) is 8.79. The number of halogens is 2. The number of piperidine rings is 1. The SMILES string of the molecule is O=C(CN1CCCCC1CCO)Nc1ccccc1OC(F)F. The number of anilines is 1. The maximum atomic E-state index is 12.4. The smallest absolute Gasteiger partial charge is 0.387 e. The Morgan fingerprint density at radius 2 is 2.17 bits per heavy atom. The average Bonchev–Trinajstić information content (AvgIpc) is 2.51. The highest BCUT2D eigenvalue weighted by Gasteiger charge is 2.24. The highest BCUT2D eigenvalue weighted by molar-refractivity contribution is 5.93. The van der Waals surface area contributed by atoms with Gasteiger partial charge in [0.2, 0.25) is 5.91 Å². The number of rotatable bonds is 7. The highest BCUT2D eigenvalue weighted by atomic mass is 19.3. The van der Waals surface area contributed by atoms with E-state index in [2.05, 4.69) is 10.1 Å². The molecule has 5 nitrogen and oxygen atoms in total. The van der Waals surface area contributed by atoms with Gasteiger partial charge in [0.1, 0.15) is 5.75 Å². The van der Waals surface area contributed by atoms with Gasteiger partial charge >= 0.3 is 6.61 Å². The number of nitrogens with zero attached hydrogens (tertiary/aromatic N) is 1. The molecule has 7 heteroatoms. The third kappa shape index (κ3) is 5.44. The molecule has 1 unspecified atom stereocenters. The van der Waals surface area contributed by atoms with Gasteiger partial charge in [-0.05, 0) is 37.9 Å². The Balaban J connectivity index is 1.96. The second-order valence-electron chi connectivity index (χ2n) is 5.56. The Bertz CT molecular complexity index is 512. The zero-order chi connectivity index (χ0) is 16.7. The van der Waals surface area contributed by atoms with Gasteiger partial charge < -0.3 is 15.2 Å². The van der Waals surface area contributed by atoms with Gasteiger partial charge in [0, 0.05) is 12.6 Å². The minimum absolute atomic E-state index is 0.0543. The van der Waals surface area contributed by atoms with E-state index in [1.54, 1.807) is 12.1 Å². The number of hydrogen-bond acceptors (Lipinski definition) is 4. The molecule has 1 aliphatic heterocycles. The van der Waals surface area contributed by atoms with Crippen molar-refractivity contribution in [1.29, 1.82) is 0 Å². The summed E-state index contributed by atoms with van der Waals surface area (Å²) in [5, 5.41) is 11.7. The number of para-hydroxylation sites is 2. The Hall–Kier alpha value is -1.73. The molecular weight excluding hydrogens is 306 g/mol. The molecule has 1 aliphatic rings. The summed E-state index contributed by atoms with van der Waals surface area (Å²) in [7, 11) is 0. The van der Waals surface area contributed by atoms with Gasteiger partial charge in [-0.3, -0.25) is 9.69 Å². The van der Waals surface area contributed by atoms with Crippen LogP contribution in [0.4, 0.5) is 14.5 Å². The summed E-state index contributed by atoms with van der Waals surface area (Å²) >= 11 is 0. The van der Waals surface area contributed by atoms with Crippen LogP contribution in [-0.2, 0) is 4.79 Å². The summed E-state index contributed by atoms with van der Waals surface area (Å²) in [6.45, 7) is -1.88. The number of aliphatic hydroxyl groups excluding tert-OH is 1. The van der Waals surface area contributed by atoms with E-state index >= 15 is 0 Å². The van der Waals surface area contributed by atoms with Crippen molar-refractivity contribution in [3.63, 3.8) is 0 Å². The molecule has 1 heterocycles. The van der Waals surface area contributed by atoms with E-state index in [9.17, 15) is 13.6 Å². The lowest BCUT2D eigenvalue weighted by molar-refractivity contribution is -0.118. The molecule has 1 aromatic carbocycles. The number of aliphatic hydroxyl groups is 1. The van der Waals surface area contributed by atoms with Crippen LogP contribution >= 0.6 is 0 Å². The molecule has 1 aromatic rings. The fourth-order valence-electron chi connectivity index (χ4n) is 2.89. The Labute approximate surface area is 134 Å². The summed E-state index contributed by atoms with van der Waals surface area (Å²) in [4.78, 5) is 14.2. The van der Waals surface area contributed by atoms with Gasteiger partial charge in [0.25, 0.3) is 0 Å². The van der Waals surface area contributed by atoms with Crippen molar-refractivity contribution in [2.45, 2.75) is 38.3 Å². The minimum Gasteiger partial charge on any atom is -0.433 e. The minimum atomic E-state index is -2.94. The molecule has 0 spiro atoms. The van der Waals surface area contributed by atoms with Gasteiger partial charge in [-0.2, -0.15) is 8.78 Å². The Morgan fingerprint density at radius 1 is 1.39 bits per heavy atom. The lowest BCUT2D eigenvalue weighted by Gasteiger charge is -2.34. The van der Waals surface area contributed by atoms with Crippen LogP contribution in [0.3, 0.4) is 0 Å². The van der Waals surface area contributed by atoms with Crippen LogP contribution < -0.4 is 10.1 Å². The number of benzene rings is 1. The molecule has 1 atom stereocenters. The van der Waals surface area contributed by atoms with Crippen LogP contribution in [0.15, 0.2) is 24.3 Å². The number of nitrogens with one attached hydrogen (secondary N) is 1. The van der Waals surface area contributed by atoms with E-state index in [4.69, 9.17) is 5.11 Å². The fraction of sp³-hybridized carbons (Fsp3) is 0.562. The van der Waals surface area contributed by atoms with Gasteiger partial charge in [-0.25, -0.2) is 0 Å². The molecule has 1 amide bonds. The number of carbonyl (C=O) groups is 1. The van der Waals surface area contributed by atoms with E-state index in [0.717, 1.165) is 25.8 Å². The van der Waals surface area contributed by atoms with Crippen molar-refractivity contribution < 1.29 is 23.4 Å².